The Morgan fingerprint density at radius 2 is 1.93 bits per heavy atom. The highest BCUT2D eigenvalue weighted by Gasteiger charge is 2.21. The Bertz CT molecular complexity index is 1130. The fourth-order valence-corrected chi connectivity index (χ4v) is 4.67. The summed E-state index contributed by atoms with van der Waals surface area (Å²) in [4.78, 5) is 9.99. The van der Waals surface area contributed by atoms with Crippen LogP contribution in [-0.2, 0) is 21.3 Å². The van der Waals surface area contributed by atoms with E-state index < -0.39 is 21.0 Å². The van der Waals surface area contributed by atoms with Crippen LogP contribution in [0.2, 0.25) is 0 Å². The fourth-order valence-electron chi connectivity index (χ4n) is 3.04. The van der Waals surface area contributed by atoms with E-state index in [1.54, 1.807) is 42.6 Å². The van der Waals surface area contributed by atoms with Crippen molar-refractivity contribution in [2.45, 2.75) is 23.9 Å². The molecule has 3 aromatic rings. The highest BCUT2D eigenvalue weighted by atomic mass is 35.5. The molecule has 1 aliphatic rings. The van der Waals surface area contributed by atoms with Gasteiger partial charge in [0.15, 0.2) is 5.56 Å². The molecule has 1 atom stereocenters. The summed E-state index contributed by atoms with van der Waals surface area (Å²) in [6.45, 7) is 3.56. The van der Waals surface area contributed by atoms with E-state index in [0.717, 1.165) is 23.2 Å². The van der Waals surface area contributed by atoms with Crippen LogP contribution in [0.1, 0.15) is 12.5 Å². The molecule has 0 fully saturated rings. The van der Waals surface area contributed by atoms with Crippen LogP contribution >= 0.6 is 23.2 Å². The molecule has 0 radical (unpaired) electrons. The Labute approximate surface area is 184 Å². The number of rotatable bonds is 3. The maximum absolute atomic E-state index is 12.9. The van der Waals surface area contributed by atoms with E-state index in [-0.39, 0.29) is 4.90 Å². The van der Waals surface area contributed by atoms with Crippen LogP contribution in [0, 0.1) is 0 Å². The molecule has 0 saturated carbocycles. The Morgan fingerprint density at radius 1 is 1.20 bits per heavy atom. The van der Waals surface area contributed by atoms with Crippen molar-refractivity contribution < 1.29 is 22.7 Å². The second-order valence-electron chi connectivity index (χ2n) is 6.33. The molecule has 1 N–H and O–H groups in total. The number of carbonyl (C=O) groups is 1. The van der Waals surface area contributed by atoms with Crippen molar-refractivity contribution in [2.24, 2.45) is 0 Å². The molecule has 160 valence electrons. The minimum Gasteiger partial charge on any atom is -0.492 e. The van der Waals surface area contributed by atoms with E-state index in [1.165, 1.54) is 10.9 Å². The van der Waals surface area contributed by atoms with Crippen molar-refractivity contribution in [1.29, 1.82) is 0 Å². The number of carbonyl (C=O) groups excluding carboxylic acids is 1. The van der Waals surface area contributed by atoms with Crippen molar-refractivity contribution >= 4 is 49.6 Å². The highest BCUT2D eigenvalue weighted by Crippen LogP contribution is 2.31. The van der Waals surface area contributed by atoms with Crippen LogP contribution in [0.4, 0.5) is 4.79 Å². The van der Waals surface area contributed by atoms with Gasteiger partial charge in [-0.05, 0) is 37.3 Å². The Morgan fingerprint density at radius 3 is 2.57 bits per heavy atom. The van der Waals surface area contributed by atoms with Crippen molar-refractivity contribution in [3.63, 3.8) is 0 Å². The van der Waals surface area contributed by atoms with Gasteiger partial charge in [-0.15, -0.1) is 0 Å². The number of nitrogens with zero attached hydrogens (tertiary/aromatic N) is 1. The van der Waals surface area contributed by atoms with Gasteiger partial charge in [0.25, 0.3) is 10.0 Å². The van der Waals surface area contributed by atoms with Crippen LogP contribution < -0.4 is 10.1 Å². The molecule has 2 aromatic carbocycles. The lowest BCUT2D eigenvalue weighted by atomic mass is 10.1. The number of halogens is 2. The molecule has 0 aliphatic carbocycles. The topological polar surface area (TPSA) is 86.6 Å². The quantitative estimate of drug-likeness (QED) is 0.453. The molecule has 30 heavy (non-hydrogen) atoms. The predicted octanol–water partition coefficient (Wildman–Crippen LogP) is 4.31. The minimum absolute atomic E-state index is 0.279. The van der Waals surface area contributed by atoms with Crippen LogP contribution in [0.15, 0.2) is 59.6 Å². The first-order valence-electron chi connectivity index (χ1n) is 9.08. The summed E-state index contributed by atoms with van der Waals surface area (Å²) in [5.74, 6) is 0.817. The molecule has 1 aliphatic heterocycles. The largest absolute Gasteiger partial charge is 0.492 e. The smallest absolute Gasteiger partial charge is 0.405 e. The second-order valence-corrected chi connectivity index (χ2v) is 9.07. The first kappa shape index (κ1) is 22.4. The van der Waals surface area contributed by atoms with Crippen molar-refractivity contribution in [2.75, 3.05) is 13.2 Å². The van der Waals surface area contributed by atoms with Crippen LogP contribution in [0.25, 0.3) is 10.9 Å². The molecule has 0 amide bonds. The normalized spacial score (nSPS) is 14.5. The molecule has 4 rings (SSSR count). The predicted molar refractivity (Wildman–Crippen MR) is 116 cm³/mol. The zero-order valence-electron chi connectivity index (χ0n) is 16.0. The zero-order valence-corrected chi connectivity index (χ0v) is 18.4. The van der Waals surface area contributed by atoms with Crippen molar-refractivity contribution in [3.05, 3.63) is 60.3 Å². The number of fused-ring (bicyclic) bond motifs is 3. The standard InChI is InChI=1S/C17H16N2O3S.C3H4Cl2O2/c20-23(21,13-4-2-1-3-5-13)19-10-8-14-15-12-18-9-11-22-17(15)7-6-16(14)19;1-2(4)7-3(5)6/h1-8,10,18H,9,11-12H2;2H,1H3. The molecule has 0 saturated heterocycles. The van der Waals surface area contributed by atoms with Gasteiger partial charge in [-0.2, -0.15) is 0 Å². The van der Waals surface area contributed by atoms with Crippen LogP contribution in [0.5, 0.6) is 5.75 Å². The van der Waals surface area contributed by atoms with Crippen LogP contribution in [-0.4, -0.2) is 36.5 Å². The van der Waals surface area contributed by atoms with Gasteiger partial charge in [0, 0.05) is 41.8 Å². The highest BCUT2D eigenvalue weighted by molar-refractivity contribution is 7.90. The van der Waals surface area contributed by atoms with E-state index in [9.17, 15) is 13.2 Å². The third kappa shape index (κ3) is 5.07. The maximum Gasteiger partial charge on any atom is 0.405 e. The molecule has 1 aromatic heterocycles. The van der Waals surface area contributed by atoms with Crippen LogP contribution in [0.3, 0.4) is 0 Å². The summed E-state index contributed by atoms with van der Waals surface area (Å²) < 4.78 is 36.9. The molecule has 2 heterocycles. The van der Waals surface area contributed by atoms with Gasteiger partial charge in [-0.3, -0.25) is 0 Å². The molecule has 7 nitrogen and oxygen atoms in total. The van der Waals surface area contributed by atoms with Gasteiger partial charge in [-0.1, -0.05) is 29.8 Å². The van der Waals surface area contributed by atoms with Crippen molar-refractivity contribution in [1.82, 2.24) is 9.29 Å². The summed E-state index contributed by atoms with van der Waals surface area (Å²) in [5, 5.41) is 4.19. The summed E-state index contributed by atoms with van der Waals surface area (Å²) in [7, 11) is -3.60. The average molecular weight is 471 g/mol. The number of hydrogen-bond donors (Lipinski definition) is 1. The first-order valence-corrected chi connectivity index (χ1v) is 11.3. The van der Waals surface area contributed by atoms with Gasteiger partial charge in [0.2, 0.25) is 0 Å². The van der Waals surface area contributed by atoms with Gasteiger partial charge in [0.05, 0.1) is 10.4 Å². The molecular weight excluding hydrogens is 451 g/mol. The SMILES string of the molecule is CC(Cl)OC(=O)Cl.O=S(=O)(c1ccccc1)n1ccc2c3c(ccc21)OCCNC3. The third-order valence-corrected chi connectivity index (χ3v) is 6.18. The number of aromatic nitrogens is 1. The summed E-state index contributed by atoms with van der Waals surface area (Å²) in [6.07, 6.45) is 1.61. The van der Waals surface area contributed by atoms with Gasteiger partial charge >= 0.3 is 5.43 Å². The van der Waals surface area contributed by atoms with Crippen molar-refractivity contribution in [3.8, 4) is 5.75 Å². The number of nitrogens with one attached hydrogen (secondary N) is 1. The fraction of sp³-hybridized carbons (Fsp3) is 0.250. The summed E-state index contributed by atoms with van der Waals surface area (Å²) in [5.41, 5.74) is 0.161. The molecule has 10 heteroatoms. The molecule has 0 spiro atoms. The van der Waals surface area contributed by atoms with Gasteiger partial charge < -0.3 is 14.8 Å². The summed E-state index contributed by atoms with van der Waals surface area (Å²) >= 11 is 9.87. The zero-order chi connectivity index (χ0) is 21.7. The first-order chi connectivity index (χ1) is 14.3. The second kappa shape index (κ2) is 9.70. The molecule has 1 unspecified atom stereocenters. The van der Waals surface area contributed by atoms with Gasteiger partial charge in [0.1, 0.15) is 12.4 Å². The lowest BCUT2D eigenvalue weighted by molar-refractivity contribution is 0.166. The Balaban J connectivity index is 0.000000318. The number of alkyl halides is 1. The Hall–Kier alpha value is -2.26. The molecular formula is C20H20Cl2N2O5S. The molecule has 0 bridgehead atoms. The Kier molecular flexibility index (Phi) is 7.25. The monoisotopic (exact) mass is 470 g/mol. The van der Waals surface area contributed by atoms with E-state index in [4.69, 9.17) is 27.9 Å². The lowest BCUT2D eigenvalue weighted by Gasteiger charge is -2.10. The average Bonchev–Trinajstić information content (AvgIpc) is 3.00. The number of benzene rings is 2. The summed E-state index contributed by atoms with van der Waals surface area (Å²) in [6, 6.07) is 14.0. The minimum atomic E-state index is -3.60. The van der Waals surface area contributed by atoms with Gasteiger partial charge in [-0.25, -0.2) is 17.2 Å². The van der Waals surface area contributed by atoms with E-state index in [1.807, 2.05) is 12.1 Å². The van der Waals surface area contributed by atoms with E-state index >= 15 is 0 Å². The maximum atomic E-state index is 12.9. The third-order valence-electron chi connectivity index (χ3n) is 4.30. The lowest BCUT2D eigenvalue weighted by Crippen LogP contribution is -2.16. The van der Waals surface area contributed by atoms with E-state index in [0.29, 0.717) is 18.7 Å². The van der Waals surface area contributed by atoms with E-state index in [2.05, 4.69) is 10.1 Å². The number of hydrogen-bond acceptors (Lipinski definition) is 6. The number of ether oxygens (including phenoxy) is 2.